The van der Waals surface area contributed by atoms with E-state index in [1.807, 2.05) is 4.90 Å². The summed E-state index contributed by atoms with van der Waals surface area (Å²) in [5, 5.41) is 5.37. The lowest BCUT2D eigenvalue weighted by Gasteiger charge is -2.27. The van der Waals surface area contributed by atoms with Gasteiger partial charge in [0.15, 0.2) is 0 Å². The minimum atomic E-state index is 0.204. The molecule has 3 rings (SSSR count). The maximum absolute atomic E-state index is 12.2. The van der Waals surface area contributed by atoms with Crippen molar-refractivity contribution in [2.24, 2.45) is 0 Å². The molecule has 5 heteroatoms. The Bertz CT molecular complexity index is 603. The van der Waals surface area contributed by atoms with Gasteiger partial charge in [0.2, 0.25) is 5.91 Å². The van der Waals surface area contributed by atoms with Crippen molar-refractivity contribution in [1.29, 1.82) is 0 Å². The van der Waals surface area contributed by atoms with Crippen molar-refractivity contribution in [2.45, 2.75) is 26.4 Å². The number of nitrogens with zero attached hydrogens (tertiary/aromatic N) is 1. The first-order valence-corrected chi connectivity index (χ1v) is 8.51. The lowest BCUT2D eigenvalue weighted by atomic mass is 10.1. The van der Waals surface area contributed by atoms with Crippen LogP contribution in [0, 0.1) is 6.92 Å². The quantitative estimate of drug-likeness (QED) is 0.942. The molecule has 0 aromatic carbocycles. The van der Waals surface area contributed by atoms with E-state index >= 15 is 0 Å². The van der Waals surface area contributed by atoms with E-state index in [1.165, 1.54) is 20.2 Å². The third-order valence-corrected chi connectivity index (χ3v) is 5.56. The first kappa shape index (κ1) is 13.8. The van der Waals surface area contributed by atoms with Crippen LogP contribution >= 0.6 is 22.7 Å². The SMILES string of the molecule is Cc1ccc(CNCC(=O)N2CCc3sccc3C2)s1. The zero-order valence-corrected chi connectivity index (χ0v) is 13.1. The Balaban J connectivity index is 1.48. The van der Waals surface area contributed by atoms with Gasteiger partial charge in [-0.15, -0.1) is 22.7 Å². The van der Waals surface area contributed by atoms with Gasteiger partial charge in [-0.1, -0.05) is 0 Å². The van der Waals surface area contributed by atoms with Crippen LogP contribution in [0.1, 0.15) is 20.2 Å². The first-order chi connectivity index (χ1) is 9.72. The molecule has 0 saturated carbocycles. The van der Waals surface area contributed by atoms with E-state index < -0.39 is 0 Å². The highest BCUT2D eigenvalue weighted by Gasteiger charge is 2.20. The minimum absolute atomic E-state index is 0.204. The second-order valence-electron chi connectivity index (χ2n) is 5.05. The molecule has 0 fully saturated rings. The summed E-state index contributed by atoms with van der Waals surface area (Å²) in [5.41, 5.74) is 1.32. The Kier molecular flexibility index (Phi) is 4.19. The Hall–Kier alpha value is -1.17. The highest BCUT2D eigenvalue weighted by Crippen LogP contribution is 2.23. The van der Waals surface area contributed by atoms with Crippen molar-refractivity contribution in [1.82, 2.24) is 10.2 Å². The summed E-state index contributed by atoms with van der Waals surface area (Å²) >= 11 is 3.59. The van der Waals surface area contributed by atoms with Crippen LogP contribution in [0.3, 0.4) is 0 Å². The van der Waals surface area contributed by atoms with Crippen LogP contribution in [0.25, 0.3) is 0 Å². The number of carbonyl (C=O) groups is 1. The maximum Gasteiger partial charge on any atom is 0.236 e. The summed E-state index contributed by atoms with van der Waals surface area (Å²) in [6, 6.07) is 6.38. The van der Waals surface area contributed by atoms with E-state index in [0.29, 0.717) is 6.54 Å². The van der Waals surface area contributed by atoms with Gasteiger partial charge < -0.3 is 10.2 Å². The summed E-state index contributed by atoms with van der Waals surface area (Å²) in [4.78, 5) is 18.2. The van der Waals surface area contributed by atoms with Crippen LogP contribution in [-0.4, -0.2) is 23.9 Å². The number of hydrogen-bond donors (Lipinski definition) is 1. The molecule has 2 aromatic rings. The molecule has 1 N–H and O–H groups in total. The van der Waals surface area contributed by atoms with Crippen molar-refractivity contribution in [2.75, 3.05) is 13.1 Å². The average molecular weight is 306 g/mol. The monoisotopic (exact) mass is 306 g/mol. The third kappa shape index (κ3) is 3.11. The summed E-state index contributed by atoms with van der Waals surface area (Å²) < 4.78 is 0. The lowest BCUT2D eigenvalue weighted by molar-refractivity contribution is -0.131. The molecule has 0 radical (unpaired) electrons. The second kappa shape index (κ2) is 6.08. The van der Waals surface area contributed by atoms with Crippen LogP contribution < -0.4 is 5.32 Å². The molecule has 1 aliphatic heterocycles. The van der Waals surface area contributed by atoms with Crippen molar-refractivity contribution in [3.05, 3.63) is 43.8 Å². The molecule has 106 valence electrons. The van der Waals surface area contributed by atoms with Crippen LogP contribution in [0.15, 0.2) is 23.6 Å². The molecule has 0 unspecified atom stereocenters. The lowest BCUT2D eigenvalue weighted by Crippen LogP contribution is -2.40. The molecule has 3 heterocycles. The fourth-order valence-electron chi connectivity index (χ4n) is 2.45. The molecule has 0 saturated heterocycles. The zero-order valence-electron chi connectivity index (χ0n) is 11.5. The van der Waals surface area contributed by atoms with Gasteiger partial charge >= 0.3 is 0 Å². The van der Waals surface area contributed by atoms with Gasteiger partial charge in [0.25, 0.3) is 0 Å². The predicted octanol–water partition coefficient (Wildman–Crippen LogP) is 2.79. The van der Waals surface area contributed by atoms with Gasteiger partial charge in [-0.05, 0) is 42.5 Å². The van der Waals surface area contributed by atoms with E-state index in [0.717, 1.165) is 26.1 Å². The topological polar surface area (TPSA) is 32.3 Å². The molecule has 2 aromatic heterocycles. The third-order valence-electron chi connectivity index (χ3n) is 3.53. The summed E-state index contributed by atoms with van der Waals surface area (Å²) in [7, 11) is 0. The van der Waals surface area contributed by atoms with Crippen molar-refractivity contribution in [3.8, 4) is 0 Å². The Morgan fingerprint density at radius 3 is 3.10 bits per heavy atom. The van der Waals surface area contributed by atoms with Crippen molar-refractivity contribution in [3.63, 3.8) is 0 Å². The molecular formula is C15H18N2OS2. The molecule has 0 atom stereocenters. The molecular weight excluding hydrogens is 288 g/mol. The molecule has 0 aliphatic carbocycles. The number of rotatable bonds is 4. The Labute approximate surface area is 127 Å². The highest BCUT2D eigenvalue weighted by atomic mass is 32.1. The minimum Gasteiger partial charge on any atom is -0.337 e. The van der Waals surface area contributed by atoms with Gasteiger partial charge in [-0.3, -0.25) is 4.79 Å². The van der Waals surface area contributed by atoms with Crippen molar-refractivity contribution < 1.29 is 4.79 Å². The van der Waals surface area contributed by atoms with Gasteiger partial charge in [0.1, 0.15) is 0 Å². The number of nitrogens with one attached hydrogen (secondary N) is 1. The summed E-state index contributed by atoms with van der Waals surface area (Å²) in [6.07, 6.45) is 1.00. The van der Waals surface area contributed by atoms with E-state index in [9.17, 15) is 4.79 Å². The van der Waals surface area contributed by atoms with E-state index in [4.69, 9.17) is 0 Å². The highest BCUT2D eigenvalue weighted by molar-refractivity contribution is 7.11. The molecule has 3 nitrogen and oxygen atoms in total. The van der Waals surface area contributed by atoms with Crippen LogP contribution in [0.2, 0.25) is 0 Å². The van der Waals surface area contributed by atoms with Gasteiger partial charge in [-0.2, -0.15) is 0 Å². The standard InChI is InChI=1S/C15H18N2OS2/c1-11-2-3-13(20-11)8-16-9-15(18)17-6-4-14-12(10-17)5-7-19-14/h2-3,5,7,16H,4,6,8-10H2,1H3. The maximum atomic E-state index is 12.2. The number of aryl methyl sites for hydroxylation is 1. The summed E-state index contributed by atoms with van der Waals surface area (Å²) in [6.45, 7) is 4.94. The molecule has 1 amide bonds. The van der Waals surface area contributed by atoms with Crippen molar-refractivity contribution >= 4 is 28.6 Å². The number of carbonyl (C=O) groups excluding carboxylic acids is 1. The van der Waals surface area contributed by atoms with E-state index in [2.05, 4.69) is 35.8 Å². The number of thiophene rings is 2. The fraction of sp³-hybridized carbons (Fsp3) is 0.400. The Morgan fingerprint density at radius 2 is 2.30 bits per heavy atom. The molecule has 20 heavy (non-hydrogen) atoms. The van der Waals surface area contributed by atoms with Crippen LogP contribution in [0.5, 0.6) is 0 Å². The van der Waals surface area contributed by atoms with Gasteiger partial charge in [0.05, 0.1) is 6.54 Å². The van der Waals surface area contributed by atoms with Crippen LogP contribution in [0.4, 0.5) is 0 Å². The average Bonchev–Trinajstić information content (AvgIpc) is 3.06. The fourth-order valence-corrected chi connectivity index (χ4v) is 4.20. The van der Waals surface area contributed by atoms with E-state index in [1.54, 1.807) is 22.7 Å². The molecule has 1 aliphatic rings. The normalized spacial score (nSPS) is 14.3. The smallest absolute Gasteiger partial charge is 0.236 e. The molecule has 0 spiro atoms. The number of fused-ring (bicyclic) bond motifs is 1. The van der Waals surface area contributed by atoms with E-state index in [-0.39, 0.29) is 5.91 Å². The first-order valence-electron chi connectivity index (χ1n) is 6.81. The number of hydrogen-bond acceptors (Lipinski definition) is 4. The van der Waals surface area contributed by atoms with Gasteiger partial charge in [-0.25, -0.2) is 0 Å². The van der Waals surface area contributed by atoms with Gasteiger partial charge in [0, 0.05) is 34.3 Å². The largest absolute Gasteiger partial charge is 0.337 e. The number of amides is 1. The Morgan fingerprint density at radius 1 is 1.40 bits per heavy atom. The molecule has 0 bridgehead atoms. The van der Waals surface area contributed by atoms with Crippen LogP contribution in [-0.2, 0) is 24.3 Å². The second-order valence-corrected chi connectivity index (χ2v) is 7.42. The predicted molar refractivity (Wildman–Crippen MR) is 84.2 cm³/mol. The zero-order chi connectivity index (χ0) is 13.9. The summed E-state index contributed by atoms with van der Waals surface area (Å²) in [5.74, 6) is 0.204.